The number of alkyl halides is 8. The Hall–Kier alpha value is -5.41. The Morgan fingerprint density at radius 3 is 2.21 bits per heavy atom. The van der Waals surface area contributed by atoms with E-state index in [9.17, 15) is 56.8 Å². The Morgan fingerprint density at radius 2 is 1.60 bits per heavy atom. The molecular formula is C43H38ClF10N7O5S2. The number of carbonyl (C=O) groups excluding carboxylic acids is 1. The Kier molecular flexibility index (Phi) is 12.0. The molecule has 1 saturated carbocycles. The van der Waals surface area contributed by atoms with Crippen LogP contribution in [0, 0.1) is 29.4 Å². The van der Waals surface area contributed by atoms with E-state index in [0.717, 1.165) is 24.6 Å². The van der Waals surface area contributed by atoms with Crippen molar-refractivity contribution >= 4 is 54.1 Å². The molecule has 364 valence electrons. The number of hydrogen-bond acceptors (Lipinski definition) is 8. The summed E-state index contributed by atoms with van der Waals surface area (Å²) in [5.41, 5.74) is -3.82. The molecule has 0 spiro atoms. The number of halogens is 11. The van der Waals surface area contributed by atoms with Crippen LogP contribution in [0.3, 0.4) is 0 Å². The molecule has 1 unspecified atom stereocenters. The van der Waals surface area contributed by atoms with Crippen LogP contribution >= 0.6 is 11.6 Å². The number of nitrogens with one attached hydrogen (secondary N) is 2. The summed E-state index contributed by atoms with van der Waals surface area (Å²) in [5, 5.41) is 9.35. The van der Waals surface area contributed by atoms with Gasteiger partial charge in [-0.05, 0) is 99.1 Å². The van der Waals surface area contributed by atoms with Gasteiger partial charge in [0.15, 0.2) is 21.3 Å². The summed E-state index contributed by atoms with van der Waals surface area (Å²) >= 11 is 6.60. The van der Waals surface area contributed by atoms with Crippen LogP contribution in [0.2, 0.25) is 5.02 Å². The highest BCUT2D eigenvalue weighted by molar-refractivity contribution is 7.92. The van der Waals surface area contributed by atoms with Crippen LogP contribution in [0.5, 0.6) is 0 Å². The van der Waals surface area contributed by atoms with E-state index in [1.54, 1.807) is 0 Å². The number of aromatic nitrogens is 5. The van der Waals surface area contributed by atoms with E-state index in [0.29, 0.717) is 34.7 Å². The zero-order chi connectivity index (χ0) is 49.8. The first kappa shape index (κ1) is 49.0. The van der Waals surface area contributed by atoms with Crippen LogP contribution in [0.4, 0.5) is 49.7 Å². The van der Waals surface area contributed by atoms with E-state index in [1.165, 1.54) is 26.0 Å². The molecule has 8 rings (SSSR count). The molecule has 0 radical (unpaired) electrons. The third-order valence-electron chi connectivity index (χ3n) is 12.2. The van der Waals surface area contributed by atoms with Crippen molar-refractivity contribution in [1.82, 2.24) is 29.9 Å². The first-order valence-electron chi connectivity index (χ1n) is 20.7. The summed E-state index contributed by atoms with van der Waals surface area (Å²) in [7, 11) is -8.10. The standard InChI is InChI=1S/C43H38ClF10N7O5S2/c1-40(2,67(3,63)64)12-11-29-23-7-5-6-8-24(23)32(25-9-10-28(44)34-36(25)61(19-41(47,48)49)58-39(34)59-68(4,65)66)35(56-29)30(15-20-13-21(45)16-22(46)14-20)55-31(62)18-60-38-33(37(57-60)43(52,53)54)26-17-27(26)42(38,50)51/h9-10,13-14,16,26-27,30H,5-8,15,17-19H2,1-4H3,(H,55,62)(H,58,59)/t26-,27?,30-/m0/s1. The van der Waals surface area contributed by atoms with E-state index in [-0.39, 0.29) is 62.4 Å². The Labute approximate surface area is 386 Å². The number of carbonyl (C=O) groups is 1. The number of anilines is 1. The van der Waals surface area contributed by atoms with Crippen LogP contribution in [0.1, 0.15) is 90.1 Å². The fourth-order valence-corrected chi connectivity index (χ4v) is 9.93. The number of sulfone groups is 1. The maximum Gasteiger partial charge on any atom is 0.435 e. The lowest BCUT2D eigenvalue weighted by Gasteiger charge is -2.28. The first-order chi connectivity index (χ1) is 31.3. The van der Waals surface area contributed by atoms with Crippen molar-refractivity contribution < 1.29 is 65.5 Å². The number of benzene rings is 2. The number of pyridine rings is 1. The van der Waals surface area contributed by atoms with Crippen molar-refractivity contribution in [3.63, 3.8) is 0 Å². The van der Waals surface area contributed by atoms with Crippen LogP contribution < -0.4 is 10.0 Å². The van der Waals surface area contributed by atoms with Crippen molar-refractivity contribution in [2.45, 2.75) is 100 Å². The van der Waals surface area contributed by atoms with E-state index in [4.69, 9.17) is 16.6 Å². The van der Waals surface area contributed by atoms with E-state index in [1.807, 2.05) is 0 Å². The molecule has 25 heteroatoms. The van der Waals surface area contributed by atoms with Gasteiger partial charge in [0.25, 0.3) is 5.92 Å². The molecule has 0 saturated heterocycles. The van der Waals surface area contributed by atoms with Gasteiger partial charge in [0.05, 0.1) is 33.9 Å². The van der Waals surface area contributed by atoms with Crippen molar-refractivity contribution in [3.8, 4) is 23.0 Å². The topological polar surface area (TPSA) is 158 Å². The summed E-state index contributed by atoms with van der Waals surface area (Å²) in [4.78, 5) is 19.1. The van der Waals surface area contributed by atoms with Gasteiger partial charge in [-0.3, -0.25) is 18.9 Å². The van der Waals surface area contributed by atoms with Gasteiger partial charge in [-0.2, -0.15) is 45.3 Å². The van der Waals surface area contributed by atoms with Crippen LogP contribution in [0.25, 0.3) is 22.0 Å². The van der Waals surface area contributed by atoms with Crippen molar-refractivity contribution in [1.29, 1.82) is 0 Å². The third-order valence-corrected chi connectivity index (χ3v) is 15.0. The predicted octanol–water partition coefficient (Wildman–Crippen LogP) is 8.54. The minimum atomic E-state index is -5.19. The molecule has 0 bridgehead atoms. The Morgan fingerprint density at radius 1 is 0.956 bits per heavy atom. The SMILES string of the molecule is CC(C)(C#Cc1nc([C@H](Cc2cc(F)cc(F)c2)NC(=O)Cn2nc(C(F)(F)F)c3c2C(F)(F)C2C[C@H]32)c(-c2ccc(Cl)c3c(NS(C)(=O)=O)nn(CC(F)(F)F)c23)c2c1CCCC2)S(C)(=O)=O. The fourth-order valence-electron chi connectivity index (χ4n) is 8.96. The second-order valence-electron chi connectivity index (χ2n) is 17.7. The molecule has 2 aromatic carbocycles. The second kappa shape index (κ2) is 16.6. The molecule has 12 nitrogen and oxygen atoms in total. The number of amides is 1. The molecular weight excluding hydrogens is 984 g/mol. The van der Waals surface area contributed by atoms with E-state index >= 15 is 8.78 Å². The van der Waals surface area contributed by atoms with Crippen molar-refractivity contribution in [2.75, 3.05) is 17.2 Å². The summed E-state index contributed by atoms with van der Waals surface area (Å²) in [6.45, 7) is -0.423. The molecule has 3 heterocycles. The minimum absolute atomic E-state index is 0.0309. The molecule has 3 aromatic heterocycles. The molecule has 3 aliphatic carbocycles. The lowest BCUT2D eigenvalue weighted by Crippen LogP contribution is -2.35. The minimum Gasteiger partial charge on any atom is -0.346 e. The molecule has 68 heavy (non-hydrogen) atoms. The number of fused-ring (bicyclic) bond motifs is 5. The van der Waals surface area contributed by atoms with Crippen LogP contribution in [-0.4, -0.2) is 70.7 Å². The number of nitrogens with zero attached hydrogens (tertiary/aromatic N) is 5. The summed E-state index contributed by atoms with van der Waals surface area (Å²) < 4.78 is 199. The molecule has 3 aliphatic rings. The maximum atomic E-state index is 15.6. The average Bonchev–Trinajstić information content (AvgIpc) is 3.72. The maximum absolute atomic E-state index is 15.6. The van der Waals surface area contributed by atoms with Crippen molar-refractivity contribution in [3.05, 3.63) is 92.0 Å². The predicted molar refractivity (Wildman–Crippen MR) is 228 cm³/mol. The van der Waals surface area contributed by atoms with Gasteiger partial charge in [-0.1, -0.05) is 23.6 Å². The molecule has 3 atom stereocenters. The first-order valence-corrected chi connectivity index (χ1v) is 24.8. The van der Waals surface area contributed by atoms with Gasteiger partial charge in [0.2, 0.25) is 15.9 Å². The van der Waals surface area contributed by atoms with Crippen molar-refractivity contribution in [2.24, 2.45) is 5.92 Å². The molecule has 1 fully saturated rings. The largest absolute Gasteiger partial charge is 0.435 e. The lowest BCUT2D eigenvalue weighted by atomic mass is 9.82. The van der Waals surface area contributed by atoms with Gasteiger partial charge < -0.3 is 5.32 Å². The van der Waals surface area contributed by atoms with Gasteiger partial charge in [-0.15, -0.1) is 0 Å². The summed E-state index contributed by atoms with van der Waals surface area (Å²) in [6, 6.07) is 3.10. The average molecular weight is 1020 g/mol. The highest BCUT2D eigenvalue weighted by Gasteiger charge is 2.68. The molecule has 5 aromatic rings. The normalized spacial score (nSPS) is 18.3. The van der Waals surface area contributed by atoms with Crippen LogP contribution in [0.15, 0.2) is 30.3 Å². The van der Waals surface area contributed by atoms with Gasteiger partial charge in [0, 0.05) is 34.9 Å². The van der Waals surface area contributed by atoms with Gasteiger partial charge in [-0.25, -0.2) is 30.6 Å². The molecule has 0 aliphatic heterocycles. The lowest BCUT2D eigenvalue weighted by molar-refractivity contribution is -0.142. The third kappa shape index (κ3) is 9.36. The quantitative estimate of drug-likeness (QED) is 0.0985. The van der Waals surface area contributed by atoms with Gasteiger partial charge >= 0.3 is 12.4 Å². The smallest absolute Gasteiger partial charge is 0.346 e. The molecule has 1 amide bonds. The van der Waals surface area contributed by atoms with E-state index < -0.39 is 126 Å². The van der Waals surface area contributed by atoms with E-state index in [2.05, 4.69) is 32.1 Å². The summed E-state index contributed by atoms with van der Waals surface area (Å²) in [6.07, 6.45) is -8.09. The number of rotatable bonds is 11. The van der Waals surface area contributed by atoms with Gasteiger partial charge in [0.1, 0.15) is 40.9 Å². The number of sulfonamides is 1. The molecule has 2 N–H and O–H groups in total. The Balaban J connectivity index is 1.41. The number of hydrogen-bond donors (Lipinski definition) is 2. The Bertz CT molecular complexity index is 3210. The highest BCUT2D eigenvalue weighted by atomic mass is 35.5. The van der Waals surface area contributed by atoms with Crippen LogP contribution in [-0.2, 0) is 69.1 Å². The monoisotopic (exact) mass is 1020 g/mol. The fraction of sp³-hybridized carbons (Fsp3) is 0.442. The zero-order valence-electron chi connectivity index (χ0n) is 36.0. The highest BCUT2D eigenvalue weighted by Crippen LogP contribution is 2.68. The summed E-state index contributed by atoms with van der Waals surface area (Å²) in [5.74, 6) is -4.96. The second-order valence-corrected chi connectivity index (χ2v) is 22.4. The zero-order valence-corrected chi connectivity index (χ0v) is 38.4.